The van der Waals surface area contributed by atoms with E-state index in [0.29, 0.717) is 139 Å². The quantitative estimate of drug-likeness (QED) is 0.0277. The lowest BCUT2D eigenvalue weighted by molar-refractivity contribution is 0.101. The van der Waals surface area contributed by atoms with E-state index in [2.05, 4.69) is 136 Å². The molecule has 0 bridgehead atoms. The third-order valence-electron chi connectivity index (χ3n) is 16.2. The van der Waals surface area contributed by atoms with Gasteiger partial charge in [0.05, 0.1) is 65.5 Å². The van der Waals surface area contributed by atoms with Crippen LogP contribution in [0.25, 0.3) is 17.4 Å². The average molecular weight is 1540 g/mol. The van der Waals surface area contributed by atoms with E-state index < -0.39 is 10.8 Å². The molecular formula is C83H100N20O8S. The molecule has 0 aliphatic heterocycles. The van der Waals surface area contributed by atoms with Crippen molar-refractivity contribution < 1.29 is 37.4 Å². The Balaban J connectivity index is 0.000000195. The summed E-state index contributed by atoms with van der Waals surface area (Å²) < 4.78 is 47.7. The first kappa shape index (κ1) is 86.4. The highest BCUT2D eigenvalue weighted by Gasteiger charge is 2.21. The van der Waals surface area contributed by atoms with E-state index in [4.69, 9.17) is 57.1 Å². The third-order valence-corrected chi connectivity index (χ3v) is 17.5. The maximum Gasteiger partial charge on any atom is 0.187 e. The van der Waals surface area contributed by atoms with Crippen molar-refractivity contribution in [2.75, 3.05) is 35.3 Å². The lowest BCUT2D eigenvalue weighted by atomic mass is 10.0. The number of ether oxygens (including phenoxy) is 6. The first-order valence-electron chi connectivity index (χ1n) is 36.0. The fourth-order valence-corrected chi connectivity index (χ4v) is 11.1. The summed E-state index contributed by atoms with van der Waals surface area (Å²) in [6, 6.07) is 18.5. The van der Waals surface area contributed by atoms with Gasteiger partial charge in [0, 0.05) is 96.1 Å². The summed E-state index contributed by atoms with van der Waals surface area (Å²) in [6.45, 7) is 46.7. The number of nitrogens with zero attached hydrogens (tertiary/aromatic N) is 15. The second-order valence-corrected chi connectivity index (χ2v) is 28.4. The van der Waals surface area contributed by atoms with Gasteiger partial charge in [-0.05, 0) is 95.3 Å². The van der Waals surface area contributed by atoms with Crippen LogP contribution in [0.1, 0.15) is 210 Å². The molecule has 10 aromatic heterocycles. The molecule has 0 saturated heterocycles. The van der Waals surface area contributed by atoms with Crippen molar-refractivity contribution in [2.24, 2.45) is 0 Å². The molecule has 28 nitrogen and oxygen atoms in total. The molecular weight excluding hydrogens is 1440 g/mol. The SMILES string of the molecule is C=C(C)c1cc(Oc2cnc(C)nc2N)c(C(C)C)cn1.C=C(OCC)c1cc(Oc2cnc(C)nc2N)c(C(C)C)cn1.C=Cc1cc(Oc2cnc(C)nc2N)c(C(C)C)cn1.CC(=O)c1cc(Oc2cnc(C)nc2N)c(C(C)C)cn1.Cc1ncc(Oc2cc(S(=O)Cc3ccccc3)ncc2C(C)C)c(N)n1. The van der Waals surface area contributed by atoms with Gasteiger partial charge in [-0.25, -0.2) is 54.8 Å². The zero-order chi connectivity index (χ0) is 82.2. The normalized spacial score (nSPS) is 11.0. The molecule has 0 aliphatic carbocycles. The van der Waals surface area contributed by atoms with E-state index in [1.807, 2.05) is 90.2 Å². The molecule has 11 rings (SSSR count). The standard InChI is InChI=1S/C20H22N4O2S.C17H22N4O2.C16H20N4O.C15H18N4O2.C15H18N4O/c1-13(2)16-10-23-19(27(25)12-15-7-5-4-6-8-15)9-17(16)26-18-11-22-14(3)24-20(18)21;1-6-22-11(4)14-7-15(13(8-20-14)10(2)3)23-16-9-19-12(5)21-17(16)18;1-9(2)12-7-19-13(10(3)4)6-14(12)21-15-8-18-11(5)20-16(15)17;1-8(2)11-6-18-12(9(3)20)5-13(11)21-14-7-17-10(4)19-15(14)16;1-5-11-6-13(12(7-18-11)9(2)3)20-14-8-17-10(4)19-15(14)16/h4-11,13H,12H2,1-3H3,(H2,21,22,24);7-10H,4,6H2,1-3,5H3,(H2,18,19,21);6-9H,3H2,1-2,4-5H3,(H2,17,18,20);5-8H,1-4H3,(H2,16,17,19);5-9H,1H2,2-4H3,(H2,16,17,19). The minimum Gasteiger partial charge on any atom is -0.492 e. The van der Waals surface area contributed by atoms with Gasteiger partial charge in [0.15, 0.2) is 63.6 Å². The summed E-state index contributed by atoms with van der Waals surface area (Å²) in [4.78, 5) is 74.1. The van der Waals surface area contributed by atoms with E-state index in [1.54, 1.807) is 108 Å². The molecule has 112 heavy (non-hydrogen) atoms. The summed E-state index contributed by atoms with van der Waals surface area (Å²) >= 11 is 0. The molecule has 0 spiro atoms. The number of aryl methyl sites for hydroxylation is 5. The number of carbonyl (C=O) groups is 1. The molecule has 0 saturated carbocycles. The molecule has 586 valence electrons. The molecule has 0 radical (unpaired) electrons. The van der Waals surface area contributed by atoms with Gasteiger partial charge in [0.2, 0.25) is 0 Å². The molecule has 1 aromatic carbocycles. The Bertz CT molecular complexity index is 5020. The van der Waals surface area contributed by atoms with Crippen LogP contribution in [-0.4, -0.2) is 91.4 Å². The number of nitrogens with two attached hydrogens (primary N) is 5. The number of Topliss-reactive ketones (excluding diaryl/α,β-unsaturated/α-hetero) is 1. The van der Waals surface area contributed by atoms with Gasteiger partial charge in [-0.2, -0.15) is 0 Å². The Morgan fingerprint density at radius 3 is 1.04 bits per heavy atom. The molecule has 10 N–H and O–H groups in total. The molecule has 11 aromatic rings. The Hall–Kier alpha value is -12.8. The summed E-state index contributed by atoms with van der Waals surface area (Å²) in [5, 5.41) is 0.463. The van der Waals surface area contributed by atoms with Crippen molar-refractivity contribution in [1.82, 2.24) is 74.8 Å². The molecule has 1 unspecified atom stereocenters. The molecule has 29 heteroatoms. The topological polar surface area (TPSA) is 413 Å². The van der Waals surface area contributed by atoms with Crippen molar-refractivity contribution in [1.29, 1.82) is 0 Å². The summed E-state index contributed by atoms with van der Waals surface area (Å²) in [5.74, 6) is 11.6. The summed E-state index contributed by atoms with van der Waals surface area (Å²) in [7, 11) is -1.29. The third kappa shape index (κ3) is 24.9. The number of carbonyl (C=O) groups excluding carboxylic acids is 1. The molecule has 0 amide bonds. The van der Waals surface area contributed by atoms with Crippen molar-refractivity contribution in [3.63, 3.8) is 0 Å². The highest BCUT2D eigenvalue weighted by atomic mass is 32.2. The number of allylic oxidation sites excluding steroid dienone is 1. The van der Waals surface area contributed by atoms with Crippen LogP contribution in [-0.2, 0) is 21.3 Å². The number of rotatable bonds is 24. The molecule has 0 fully saturated rings. The van der Waals surface area contributed by atoms with Gasteiger partial charge in [-0.1, -0.05) is 119 Å². The predicted octanol–water partition coefficient (Wildman–Crippen LogP) is 17.6. The number of aromatic nitrogens is 15. The predicted molar refractivity (Wildman–Crippen MR) is 440 cm³/mol. The van der Waals surface area contributed by atoms with Crippen LogP contribution in [0.2, 0.25) is 0 Å². The van der Waals surface area contributed by atoms with Crippen LogP contribution >= 0.6 is 0 Å². The zero-order valence-electron chi connectivity index (χ0n) is 66.8. The number of nitrogen functional groups attached to an aromatic ring is 5. The Kier molecular flexibility index (Phi) is 31.3. The van der Waals surface area contributed by atoms with Gasteiger partial charge in [0.1, 0.15) is 80.0 Å². The fourth-order valence-electron chi connectivity index (χ4n) is 10.1. The Morgan fingerprint density at radius 2 is 0.714 bits per heavy atom. The number of ketones is 1. The van der Waals surface area contributed by atoms with E-state index in [-0.39, 0.29) is 47.0 Å². The lowest BCUT2D eigenvalue weighted by Gasteiger charge is -2.16. The van der Waals surface area contributed by atoms with Crippen LogP contribution in [0, 0.1) is 34.6 Å². The number of benzene rings is 1. The fraction of sp³-hybridized carbons (Fsp3) is 0.301. The number of pyridine rings is 5. The first-order chi connectivity index (χ1) is 53.1. The lowest BCUT2D eigenvalue weighted by Crippen LogP contribution is -2.04. The number of hydrogen-bond donors (Lipinski definition) is 5. The summed E-state index contributed by atoms with van der Waals surface area (Å²) in [6.07, 6.45) is 18.2. The minimum atomic E-state index is -1.29. The van der Waals surface area contributed by atoms with Crippen molar-refractivity contribution in [3.8, 4) is 57.5 Å². The smallest absolute Gasteiger partial charge is 0.187 e. The maximum atomic E-state index is 12.8. The highest BCUT2D eigenvalue weighted by Crippen LogP contribution is 2.39. The second-order valence-electron chi connectivity index (χ2n) is 27.0. The van der Waals surface area contributed by atoms with Crippen LogP contribution in [0.5, 0.6) is 57.5 Å². The molecule has 10 heterocycles. The summed E-state index contributed by atoms with van der Waals surface area (Å²) in [5.41, 5.74) is 38.5. The van der Waals surface area contributed by atoms with E-state index >= 15 is 0 Å². The van der Waals surface area contributed by atoms with Crippen molar-refractivity contribution in [3.05, 3.63) is 228 Å². The monoisotopic (exact) mass is 1540 g/mol. The van der Waals surface area contributed by atoms with Crippen LogP contribution in [0.3, 0.4) is 0 Å². The van der Waals surface area contributed by atoms with Gasteiger partial charge in [-0.15, -0.1) is 0 Å². The van der Waals surface area contributed by atoms with E-state index in [0.717, 1.165) is 50.3 Å². The number of anilines is 5. The van der Waals surface area contributed by atoms with Crippen molar-refractivity contribution in [2.45, 2.75) is 165 Å². The van der Waals surface area contributed by atoms with Crippen molar-refractivity contribution >= 4 is 63.1 Å². The highest BCUT2D eigenvalue weighted by molar-refractivity contribution is 7.84. The zero-order valence-corrected chi connectivity index (χ0v) is 67.6. The van der Waals surface area contributed by atoms with Gasteiger partial charge in [0.25, 0.3) is 0 Å². The Morgan fingerprint density at radius 1 is 0.411 bits per heavy atom. The largest absolute Gasteiger partial charge is 0.492 e. The maximum absolute atomic E-state index is 12.8. The van der Waals surface area contributed by atoms with Gasteiger partial charge in [-0.3, -0.25) is 28.9 Å². The number of hydrogen-bond acceptors (Lipinski definition) is 28. The minimum absolute atomic E-state index is 0.122. The average Bonchev–Trinajstić information content (AvgIpc) is 0.604. The van der Waals surface area contributed by atoms with Gasteiger partial charge < -0.3 is 57.1 Å². The first-order valence-corrected chi connectivity index (χ1v) is 37.3. The van der Waals surface area contributed by atoms with Crippen LogP contribution < -0.4 is 52.4 Å². The van der Waals surface area contributed by atoms with E-state index in [9.17, 15) is 9.00 Å². The molecule has 0 aliphatic rings. The van der Waals surface area contributed by atoms with Crippen LogP contribution in [0.15, 0.2) is 147 Å². The second kappa shape index (κ2) is 40.6. The van der Waals surface area contributed by atoms with E-state index in [1.165, 1.54) is 13.1 Å². The van der Waals surface area contributed by atoms with Crippen LogP contribution in [0.4, 0.5) is 29.1 Å². The molecule has 1 atom stereocenters. The van der Waals surface area contributed by atoms with Gasteiger partial charge >= 0.3 is 0 Å². The Labute approximate surface area is 657 Å².